The van der Waals surface area contributed by atoms with Crippen LogP contribution in [0.3, 0.4) is 0 Å². The molecule has 0 saturated heterocycles. The largest absolute Gasteiger partial charge is 0.325 e. The molecular weight excluding hydrogens is 200 g/mol. The summed E-state index contributed by atoms with van der Waals surface area (Å²) in [6, 6.07) is 10.4. The fourth-order valence-electron chi connectivity index (χ4n) is 1.69. The first-order chi connectivity index (χ1) is 7.79. The van der Waals surface area contributed by atoms with Crippen LogP contribution in [0.2, 0.25) is 0 Å². The van der Waals surface area contributed by atoms with Gasteiger partial charge in [0, 0.05) is 25.2 Å². The number of benzene rings is 1. The molecule has 1 aromatic carbocycles. The number of hydrogen-bond donors (Lipinski definition) is 1. The predicted molar refractivity (Wildman–Crippen MR) is 62.8 cm³/mol. The molecule has 0 fully saturated rings. The van der Waals surface area contributed by atoms with Crippen molar-refractivity contribution in [2.75, 3.05) is 0 Å². The Bertz CT molecular complexity index is 435. The minimum absolute atomic E-state index is 0.425. The molecule has 4 nitrogen and oxygen atoms in total. The van der Waals surface area contributed by atoms with E-state index in [9.17, 15) is 0 Å². The average Bonchev–Trinajstić information content (AvgIpc) is 2.78. The quantitative estimate of drug-likeness (QED) is 0.843. The van der Waals surface area contributed by atoms with Crippen molar-refractivity contribution in [3.8, 4) is 0 Å². The lowest BCUT2D eigenvalue weighted by Crippen LogP contribution is -2.06. The van der Waals surface area contributed by atoms with Crippen molar-refractivity contribution in [2.45, 2.75) is 25.9 Å². The fraction of sp³-hybridized carbons (Fsp3) is 0.333. The van der Waals surface area contributed by atoms with Crippen molar-refractivity contribution in [3.63, 3.8) is 0 Å². The molecule has 0 saturated carbocycles. The highest BCUT2D eigenvalue weighted by Gasteiger charge is 2.07. The van der Waals surface area contributed by atoms with Crippen molar-refractivity contribution < 1.29 is 0 Å². The minimum atomic E-state index is 0.425. The van der Waals surface area contributed by atoms with Crippen LogP contribution in [0.1, 0.15) is 24.1 Å². The van der Waals surface area contributed by atoms with Crippen molar-refractivity contribution in [2.24, 2.45) is 5.73 Å². The van der Waals surface area contributed by atoms with Crippen LogP contribution in [0, 0.1) is 0 Å². The summed E-state index contributed by atoms with van der Waals surface area (Å²) in [5.74, 6) is 0.425. The molecule has 1 aromatic heterocycles. The Balaban J connectivity index is 2.05. The standard InChI is InChI=1S/C12H16N4/c1-10(11-5-3-2-4-6-11)8-16-9-12(7-13)14-15-16/h2-6,9-10H,7-8,13H2,1H3/t10-/m1/s1. The first-order valence-electron chi connectivity index (χ1n) is 5.43. The van der Waals surface area contributed by atoms with E-state index in [1.165, 1.54) is 5.56 Å². The summed E-state index contributed by atoms with van der Waals surface area (Å²) < 4.78 is 1.85. The molecule has 0 bridgehead atoms. The van der Waals surface area contributed by atoms with Crippen LogP contribution in [0.5, 0.6) is 0 Å². The van der Waals surface area contributed by atoms with E-state index in [1.807, 2.05) is 16.9 Å². The molecule has 0 unspecified atom stereocenters. The van der Waals surface area contributed by atoms with E-state index in [0.29, 0.717) is 12.5 Å². The monoisotopic (exact) mass is 216 g/mol. The maximum atomic E-state index is 5.49. The zero-order valence-corrected chi connectivity index (χ0v) is 9.37. The van der Waals surface area contributed by atoms with E-state index in [-0.39, 0.29) is 0 Å². The second-order valence-corrected chi connectivity index (χ2v) is 3.95. The van der Waals surface area contributed by atoms with Crippen LogP contribution in [0.15, 0.2) is 36.5 Å². The SMILES string of the molecule is C[C@H](Cn1cc(CN)nn1)c1ccccc1. The molecule has 0 aliphatic rings. The molecule has 2 N–H and O–H groups in total. The highest BCUT2D eigenvalue weighted by atomic mass is 15.4. The zero-order valence-electron chi connectivity index (χ0n) is 9.37. The first kappa shape index (κ1) is 10.8. The Morgan fingerprint density at radius 2 is 2.06 bits per heavy atom. The maximum Gasteiger partial charge on any atom is 0.0962 e. The summed E-state index contributed by atoms with van der Waals surface area (Å²) in [5.41, 5.74) is 7.64. The van der Waals surface area contributed by atoms with Crippen LogP contribution in [-0.4, -0.2) is 15.0 Å². The van der Waals surface area contributed by atoms with Crippen LogP contribution >= 0.6 is 0 Å². The molecule has 2 rings (SSSR count). The van der Waals surface area contributed by atoms with Gasteiger partial charge in [0.25, 0.3) is 0 Å². The summed E-state index contributed by atoms with van der Waals surface area (Å²) in [4.78, 5) is 0. The zero-order chi connectivity index (χ0) is 11.4. The third-order valence-electron chi connectivity index (χ3n) is 2.62. The molecule has 0 amide bonds. The molecule has 0 radical (unpaired) electrons. The van der Waals surface area contributed by atoms with E-state index in [0.717, 1.165) is 12.2 Å². The Kier molecular flexibility index (Phi) is 3.31. The van der Waals surface area contributed by atoms with E-state index in [4.69, 9.17) is 5.73 Å². The lowest BCUT2D eigenvalue weighted by molar-refractivity contribution is 0.527. The molecule has 84 valence electrons. The predicted octanol–water partition coefficient (Wildman–Crippen LogP) is 1.54. The molecule has 0 aliphatic carbocycles. The second kappa shape index (κ2) is 4.90. The van der Waals surface area contributed by atoms with Crippen LogP contribution in [0.4, 0.5) is 0 Å². The van der Waals surface area contributed by atoms with Gasteiger partial charge in [-0.2, -0.15) is 0 Å². The summed E-state index contributed by atoms with van der Waals surface area (Å²) in [5, 5.41) is 8.01. The lowest BCUT2D eigenvalue weighted by Gasteiger charge is -2.10. The van der Waals surface area contributed by atoms with Gasteiger partial charge >= 0.3 is 0 Å². The molecular formula is C12H16N4. The van der Waals surface area contributed by atoms with E-state index < -0.39 is 0 Å². The molecule has 0 aliphatic heterocycles. The van der Waals surface area contributed by atoms with Gasteiger partial charge in [-0.15, -0.1) is 5.10 Å². The number of hydrogen-bond acceptors (Lipinski definition) is 3. The third kappa shape index (κ3) is 2.46. The molecule has 1 atom stereocenters. The second-order valence-electron chi connectivity index (χ2n) is 3.95. The number of rotatable bonds is 4. The van der Waals surface area contributed by atoms with Gasteiger partial charge in [0.15, 0.2) is 0 Å². The Morgan fingerprint density at radius 1 is 1.31 bits per heavy atom. The Hall–Kier alpha value is -1.68. The third-order valence-corrected chi connectivity index (χ3v) is 2.62. The van der Waals surface area contributed by atoms with E-state index in [1.54, 1.807) is 0 Å². The lowest BCUT2D eigenvalue weighted by atomic mass is 10.0. The van der Waals surface area contributed by atoms with Gasteiger partial charge in [-0.3, -0.25) is 4.68 Å². The van der Waals surface area contributed by atoms with Crippen LogP contribution < -0.4 is 5.73 Å². The van der Waals surface area contributed by atoms with Crippen molar-refractivity contribution >= 4 is 0 Å². The molecule has 4 heteroatoms. The van der Waals surface area contributed by atoms with Gasteiger partial charge < -0.3 is 5.73 Å². The average molecular weight is 216 g/mol. The maximum absolute atomic E-state index is 5.49. The fourth-order valence-corrected chi connectivity index (χ4v) is 1.69. The number of aromatic nitrogens is 3. The van der Waals surface area contributed by atoms with Crippen LogP contribution in [0.25, 0.3) is 0 Å². The van der Waals surface area contributed by atoms with Gasteiger partial charge in [0.1, 0.15) is 0 Å². The molecule has 2 aromatic rings. The summed E-state index contributed by atoms with van der Waals surface area (Å²) in [6.07, 6.45) is 1.90. The van der Waals surface area contributed by atoms with E-state index >= 15 is 0 Å². The molecule has 1 heterocycles. The Labute approximate surface area is 95.1 Å². The van der Waals surface area contributed by atoms with Gasteiger partial charge in [0.2, 0.25) is 0 Å². The Morgan fingerprint density at radius 3 is 2.69 bits per heavy atom. The van der Waals surface area contributed by atoms with Crippen LogP contribution in [-0.2, 0) is 13.1 Å². The van der Waals surface area contributed by atoms with Crippen molar-refractivity contribution in [1.82, 2.24) is 15.0 Å². The number of nitrogens with zero attached hydrogens (tertiary/aromatic N) is 3. The summed E-state index contributed by atoms with van der Waals surface area (Å²) >= 11 is 0. The normalized spacial score (nSPS) is 12.6. The van der Waals surface area contributed by atoms with E-state index in [2.05, 4.69) is 41.5 Å². The summed E-state index contributed by atoms with van der Waals surface area (Å²) in [7, 11) is 0. The number of nitrogens with two attached hydrogens (primary N) is 1. The topological polar surface area (TPSA) is 56.7 Å². The molecule has 16 heavy (non-hydrogen) atoms. The van der Waals surface area contributed by atoms with Gasteiger partial charge in [-0.25, -0.2) is 0 Å². The minimum Gasteiger partial charge on any atom is -0.325 e. The smallest absolute Gasteiger partial charge is 0.0962 e. The van der Waals surface area contributed by atoms with Gasteiger partial charge in [0.05, 0.1) is 5.69 Å². The highest BCUT2D eigenvalue weighted by molar-refractivity contribution is 5.18. The van der Waals surface area contributed by atoms with Crippen molar-refractivity contribution in [3.05, 3.63) is 47.8 Å². The first-order valence-corrected chi connectivity index (χ1v) is 5.43. The van der Waals surface area contributed by atoms with Gasteiger partial charge in [-0.05, 0) is 5.56 Å². The highest BCUT2D eigenvalue weighted by Crippen LogP contribution is 2.16. The van der Waals surface area contributed by atoms with Crippen molar-refractivity contribution in [1.29, 1.82) is 0 Å². The molecule has 0 spiro atoms. The van der Waals surface area contributed by atoms with Gasteiger partial charge in [-0.1, -0.05) is 42.5 Å². The summed E-state index contributed by atoms with van der Waals surface area (Å²) in [6.45, 7) is 3.45.